The largest absolute Gasteiger partial charge is 0.491 e. The zero-order chi connectivity index (χ0) is 14.7. The van der Waals surface area contributed by atoms with E-state index >= 15 is 0 Å². The predicted molar refractivity (Wildman–Crippen MR) is 86.8 cm³/mol. The number of methoxy groups -OCH3 is 1. The van der Waals surface area contributed by atoms with Crippen molar-refractivity contribution in [3.05, 3.63) is 29.8 Å². The summed E-state index contributed by atoms with van der Waals surface area (Å²) in [6.45, 7) is 4.84. The second-order valence-electron chi connectivity index (χ2n) is 5.76. The zero-order valence-corrected chi connectivity index (χ0v) is 13.6. The zero-order valence-electron chi connectivity index (χ0n) is 12.8. The molecule has 2 aliphatic rings. The normalized spacial score (nSPS) is 23.0. The summed E-state index contributed by atoms with van der Waals surface area (Å²) < 4.78 is 10.5. The number of carbonyl (C=O) groups excluding carboxylic acids is 1. The third kappa shape index (κ3) is 3.72. The van der Waals surface area contributed by atoms with Gasteiger partial charge in [-0.05, 0) is 30.0 Å². The predicted octanol–water partition coefficient (Wildman–Crippen LogP) is 1.43. The summed E-state index contributed by atoms with van der Waals surface area (Å²) in [6.07, 6.45) is 0. The Morgan fingerprint density at radius 2 is 2.00 bits per heavy atom. The van der Waals surface area contributed by atoms with Gasteiger partial charge in [0.15, 0.2) is 0 Å². The maximum atomic E-state index is 12.6. The first-order chi connectivity index (χ1) is 10.3. The summed E-state index contributed by atoms with van der Waals surface area (Å²) in [4.78, 5) is 14.6. The van der Waals surface area contributed by atoms with Gasteiger partial charge in [0.05, 0.1) is 6.61 Å². The lowest BCUT2D eigenvalue weighted by atomic mass is 10.0. The Bertz CT molecular complexity index is 500. The molecule has 2 atom stereocenters. The van der Waals surface area contributed by atoms with Gasteiger partial charge in [-0.3, -0.25) is 4.79 Å². The number of benzene rings is 1. The fourth-order valence-electron chi connectivity index (χ4n) is 3.17. The number of ether oxygens (including phenoxy) is 2. The topological polar surface area (TPSA) is 50.8 Å². The third-order valence-electron chi connectivity index (χ3n) is 4.31. The van der Waals surface area contributed by atoms with Crippen LogP contribution in [-0.4, -0.2) is 57.3 Å². The van der Waals surface area contributed by atoms with Crippen molar-refractivity contribution in [2.45, 2.75) is 0 Å². The number of nitrogens with one attached hydrogen (secondary N) is 1. The van der Waals surface area contributed by atoms with E-state index < -0.39 is 0 Å². The fraction of sp³-hybridized carbons (Fsp3) is 0.562. The Hall–Kier alpha value is -1.30. The summed E-state index contributed by atoms with van der Waals surface area (Å²) >= 11 is 0. The fourth-order valence-corrected chi connectivity index (χ4v) is 3.17. The number of hydrogen-bond acceptors (Lipinski definition) is 4. The molecule has 122 valence electrons. The van der Waals surface area contributed by atoms with Crippen molar-refractivity contribution in [3.8, 4) is 5.75 Å². The van der Waals surface area contributed by atoms with Gasteiger partial charge in [-0.2, -0.15) is 0 Å². The number of hydrogen-bond donors (Lipinski definition) is 1. The maximum absolute atomic E-state index is 12.6. The molecule has 2 saturated heterocycles. The number of fused-ring (bicyclic) bond motifs is 1. The second-order valence-corrected chi connectivity index (χ2v) is 5.76. The van der Waals surface area contributed by atoms with Gasteiger partial charge >= 0.3 is 0 Å². The minimum absolute atomic E-state index is 0. The monoisotopic (exact) mass is 326 g/mol. The van der Waals surface area contributed by atoms with E-state index in [-0.39, 0.29) is 18.3 Å². The number of rotatable bonds is 5. The van der Waals surface area contributed by atoms with Crippen molar-refractivity contribution >= 4 is 18.3 Å². The van der Waals surface area contributed by atoms with Crippen molar-refractivity contribution < 1.29 is 14.3 Å². The lowest BCUT2D eigenvalue weighted by Gasteiger charge is -2.18. The quantitative estimate of drug-likeness (QED) is 0.832. The Labute approximate surface area is 137 Å². The molecule has 0 aromatic heterocycles. The molecule has 5 nitrogen and oxygen atoms in total. The molecule has 2 fully saturated rings. The molecule has 0 saturated carbocycles. The van der Waals surface area contributed by atoms with E-state index in [1.807, 2.05) is 29.2 Å². The van der Waals surface area contributed by atoms with Gasteiger partial charge in [-0.15, -0.1) is 12.4 Å². The molecule has 0 spiro atoms. The Morgan fingerprint density at radius 3 is 2.68 bits per heavy atom. The van der Waals surface area contributed by atoms with Crippen LogP contribution in [0.4, 0.5) is 0 Å². The standard InChI is InChI=1S/C16H22N2O3.ClH/c1-20-5-6-21-15-4-2-3-12(7-15)16(19)18-10-13-8-17-9-14(13)11-18;/h2-4,7,13-14,17H,5-6,8-11H2,1H3;1H/t13-,14+;. The highest BCUT2D eigenvalue weighted by molar-refractivity contribution is 5.94. The smallest absolute Gasteiger partial charge is 0.254 e. The Morgan fingerprint density at radius 1 is 1.27 bits per heavy atom. The molecule has 22 heavy (non-hydrogen) atoms. The molecule has 1 aromatic carbocycles. The van der Waals surface area contributed by atoms with Crippen molar-refractivity contribution in [2.24, 2.45) is 11.8 Å². The number of halogens is 1. The minimum atomic E-state index is 0. The van der Waals surface area contributed by atoms with E-state index in [9.17, 15) is 4.79 Å². The van der Waals surface area contributed by atoms with Crippen LogP contribution in [0.3, 0.4) is 0 Å². The summed E-state index contributed by atoms with van der Waals surface area (Å²) in [7, 11) is 1.64. The molecule has 2 heterocycles. The average molecular weight is 327 g/mol. The molecule has 0 radical (unpaired) electrons. The highest BCUT2D eigenvalue weighted by Gasteiger charge is 2.38. The molecule has 1 aromatic rings. The van der Waals surface area contributed by atoms with Gasteiger partial charge in [-0.25, -0.2) is 0 Å². The van der Waals surface area contributed by atoms with E-state index in [0.717, 1.165) is 31.9 Å². The summed E-state index contributed by atoms with van der Waals surface area (Å²) in [6, 6.07) is 7.42. The Balaban J connectivity index is 0.00000176. The minimum Gasteiger partial charge on any atom is -0.491 e. The molecular formula is C16H23ClN2O3. The van der Waals surface area contributed by atoms with Crippen LogP contribution in [0.2, 0.25) is 0 Å². The van der Waals surface area contributed by atoms with Crippen molar-refractivity contribution in [1.29, 1.82) is 0 Å². The lowest BCUT2D eigenvalue weighted by molar-refractivity contribution is 0.0781. The van der Waals surface area contributed by atoms with Gasteiger partial charge < -0.3 is 19.7 Å². The molecule has 6 heteroatoms. The molecular weight excluding hydrogens is 304 g/mol. The van der Waals surface area contributed by atoms with Crippen molar-refractivity contribution in [3.63, 3.8) is 0 Å². The SMILES string of the molecule is COCCOc1cccc(C(=O)N2C[C@H]3CNC[C@H]3C2)c1.Cl. The third-order valence-corrected chi connectivity index (χ3v) is 4.31. The van der Waals surface area contributed by atoms with Crippen molar-refractivity contribution in [1.82, 2.24) is 10.2 Å². The van der Waals surface area contributed by atoms with Gasteiger partial charge in [0.1, 0.15) is 12.4 Å². The first-order valence-electron chi connectivity index (χ1n) is 7.49. The molecule has 2 aliphatic heterocycles. The number of carbonyl (C=O) groups is 1. The average Bonchev–Trinajstić information content (AvgIpc) is 3.08. The van der Waals surface area contributed by atoms with E-state index in [4.69, 9.17) is 9.47 Å². The number of amides is 1. The maximum Gasteiger partial charge on any atom is 0.254 e. The highest BCUT2D eigenvalue weighted by atomic mass is 35.5. The molecule has 1 amide bonds. The molecule has 3 rings (SSSR count). The van der Waals surface area contributed by atoms with Crippen molar-refractivity contribution in [2.75, 3.05) is 46.5 Å². The van der Waals surface area contributed by atoms with Crippen LogP contribution in [0.5, 0.6) is 5.75 Å². The van der Waals surface area contributed by atoms with Crippen LogP contribution >= 0.6 is 12.4 Å². The molecule has 0 aliphatic carbocycles. The van der Waals surface area contributed by atoms with E-state index in [0.29, 0.717) is 30.6 Å². The van der Waals surface area contributed by atoms with Gasteiger partial charge in [-0.1, -0.05) is 6.07 Å². The molecule has 0 bridgehead atoms. The summed E-state index contributed by atoms with van der Waals surface area (Å²) in [5.41, 5.74) is 0.706. The van der Waals surface area contributed by atoms with Crippen LogP contribution in [-0.2, 0) is 4.74 Å². The molecule has 0 unspecified atom stereocenters. The van der Waals surface area contributed by atoms with E-state index in [1.54, 1.807) is 7.11 Å². The van der Waals surface area contributed by atoms with Gasteiger partial charge in [0, 0.05) is 38.9 Å². The van der Waals surface area contributed by atoms with Crippen LogP contribution < -0.4 is 10.1 Å². The van der Waals surface area contributed by atoms with Crippen LogP contribution in [0.15, 0.2) is 24.3 Å². The number of nitrogens with zero attached hydrogens (tertiary/aromatic N) is 1. The summed E-state index contributed by atoms with van der Waals surface area (Å²) in [5.74, 6) is 2.07. The first-order valence-corrected chi connectivity index (χ1v) is 7.49. The van der Waals surface area contributed by atoms with Crippen LogP contribution in [0.25, 0.3) is 0 Å². The van der Waals surface area contributed by atoms with E-state index in [2.05, 4.69) is 5.32 Å². The second kappa shape index (κ2) is 7.81. The van der Waals surface area contributed by atoms with E-state index in [1.165, 1.54) is 0 Å². The van der Waals surface area contributed by atoms with Crippen LogP contribution in [0, 0.1) is 11.8 Å². The molecule has 1 N–H and O–H groups in total. The first kappa shape index (κ1) is 17.1. The highest BCUT2D eigenvalue weighted by Crippen LogP contribution is 2.27. The Kier molecular flexibility index (Phi) is 6.06. The number of likely N-dealkylation sites (tertiary alicyclic amines) is 1. The van der Waals surface area contributed by atoms with Gasteiger partial charge in [0.2, 0.25) is 0 Å². The summed E-state index contributed by atoms with van der Waals surface area (Å²) in [5, 5.41) is 3.39. The lowest BCUT2D eigenvalue weighted by Crippen LogP contribution is -2.31. The van der Waals surface area contributed by atoms with Gasteiger partial charge in [0.25, 0.3) is 5.91 Å². The van der Waals surface area contributed by atoms with Crippen LogP contribution in [0.1, 0.15) is 10.4 Å².